The summed E-state index contributed by atoms with van der Waals surface area (Å²) in [5, 5.41) is 13.3. The van der Waals surface area contributed by atoms with Gasteiger partial charge in [-0.05, 0) is 43.3 Å². The zero-order valence-electron chi connectivity index (χ0n) is 16.2. The molecule has 0 saturated carbocycles. The first kappa shape index (κ1) is 21.3. The Morgan fingerprint density at radius 3 is 2.43 bits per heavy atom. The third-order valence-corrected chi connectivity index (χ3v) is 4.54. The van der Waals surface area contributed by atoms with Crippen molar-refractivity contribution < 1.29 is 23.1 Å². The molecular formula is C20H19FN4O4S. The SMILES string of the molecule is CC(=O)Nc1ccc(NC(=O)CSc2nnc([C@H](C)Oc3ccccc3F)o2)cc1. The number of amides is 2. The van der Waals surface area contributed by atoms with Crippen LogP contribution in [0.2, 0.25) is 0 Å². The Balaban J connectivity index is 1.49. The first-order chi connectivity index (χ1) is 14.4. The number of para-hydroxylation sites is 1. The molecule has 2 amide bonds. The van der Waals surface area contributed by atoms with E-state index in [1.54, 1.807) is 43.3 Å². The van der Waals surface area contributed by atoms with Crippen molar-refractivity contribution in [3.05, 3.63) is 60.2 Å². The average molecular weight is 430 g/mol. The van der Waals surface area contributed by atoms with Crippen LogP contribution in [0.1, 0.15) is 25.8 Å². The average Bonchev–Trinajstić information content (AvgIpc) is 3.18. The van der Waals surface area contributed by atoms with Crippen molar-refractivity contribution in [1.82, 2.24) is 10.2 Å². The third-order valence-electron chi connectivity index (χ3n) is 3.73. The lowest BCUT2D eigenvalue weighted by Gasteiger charge is -2.11. The highest BCUT2D eigenvalue weighted by Crippen LogP contribution is 2.25. The Morgan fingerprint density at radius 2 is 1.77 bits per heavy atom. The molecule has 0 aliphatic carbocycles. The summed E-state index contributed by atoms with van der Waals surface area (Å²) in [4.78, 5) is 23.1. The predicted molar refractivity (Wildman–Crippen MR) is 110 cm³/mol. The summed E-state index contributed by atoms with van der Waals surface area (Å²) in [5.74, 6) is -0.604. The van der Waals surface area contributed by atoms with E-state index >= 15 is 0 Å². The molecule has 0 spiro atoms. The number of thioether (sulfide) groups is 1. The second-order valence-electron chi connectivity index (χ2n) is 6.19. The van der Waals surface area contributed by atoms with Gasteiger partial charge in [-0.25, -0.2) is 4.39 Å². The molecule has 30 heavy (non-hydrogen) atoms. The van der Waals surface area contributed by atoms with Crippen molar-refractivity contribution in [2.75, 3.05) is 16.4 Å². The van der Waals surface area contributed by atoms with Crippen LogP contribution in [0.4, 0.5) is 15.8 Å². The second-order valence-corrected chi connectivity index (χ2v) is 7.12. The first-order valence-electron chi connectivity index (χ1n) is 8.95. The van der Waals surface area contributed by atoms with E-state index in [1.807, 2.05) is 0 Å². The van der Waals surface area contributed by atoms with E-state index in [1.165, 1.54) is 19.1 Å². The molecule has 1 heterocycles. The predicted octanol–water partition coefficient (Wildman–Crippen LogP) is 4.04. The van der Waals surface area contributed by atoms with Gasteiger partial charge in [0.1, 0.15) is 0 Å². The first-order valence-corrected chi connectivity index (χ1v) is 9.94. The van der Waals surface area contributed by atoms with Gasteiger partial charge >= 0.3 is 0 Å². The Kier molecular flexibility index (Phi) is 7.02. The van der Waals surface area contributed by atoms with E-state index in [4.69, 9.17) is 9.15 Å². The number of aromatic nitrogens is 2. The molecule has 1 atom stereocenters. The quantitative estimate of drug-likeness (QED) is 0.520. The number of halogens is 1. The van der Waals surface area contributed by atoms with E-state index in [9.17, 15) is 14.0 Å². The molecule has 0 saturated heterocycles. The Morgan fingerprint density at radius 1 is 1.10 bits per heavy atom. The highest BCUT2D eigenvalue weighted by atomic mass is 32.2. The van der Waals surface area contributed by atoms with Gasteiger partial charge in [0.05, 0.1) is 5.75 Å². The number of rotatable bonds is 8. The minimum Gasteiger partial charge on any atom is -0.478 e. The lowest BCUT2D eigenvalue weighted by Crippen LogP contribution is -2.14. The second kappa shape index (κ2) is 9.88. The molecule has 156 valence electrons. The molecule has 1 aromatic heterocycles. The number of carbonyl (C=O) groups excluding carboxylic acids is 2. The van der Waals surface area contributed by atoms with Gasteiger partial charge in [0.2, 0.25) is 11.8 Å². The molecule has 0 aliphatic rings. The van der Waals surface area contributed by atoms with Gasteiger partial charge in [-0.2, -0.15) is 0 Å². The smallest absolute Gasteiger partial charge is 0.277 e. The monoisotopic (exact) mass is 430 g/mol. The number of benzene rings is 2. The number of carbonyl (C=O) groups is 2. The molecular weight excluding hydrogens is 411 g/mol. The van der Waals surface area contributed by atoms with Gasteiger partial charge < -0.3 is 19.8 Å². The highest BCUT2D eigenvalue weighted by molar-refractivity contribution is 7.99. The normalized spacial score (nSPS) is 11.6. The number of nitrogens with zero attached hydrogens (tertiary/aromatic N) is 2. The minimum absolute atomic E-state index is 0.0532. The molecule has 0 unspecified atom stereocenters. The molecule has 0 bridgehead atoms. The summed E-state index contributed by atoms with van der Waals surface area (Å²) in [6.07, 6.45) is -0.653. The Labute approximate surface area is 176 Å². The summed E-state index contributed by atoms with van der Waals surface area (Å²) in [5.41, 5.74) is 1.23. The molecule has 2 aromatic carbocycles. The molecule has 3 aromatic rings. The fraction of sp³-hybridized carbons (Fsp3) is 0.200. The zero-order valence-corrected chi connectivity index (χ0v) is 17.0. The van der Waals surface area contributed by atoms with Crippen LogP contribution in [-0.2, 0) is 9.59 Å². The van der Waals surface area contributed by atoms with Gasteiger partial charge in [0.25, 0.3) is 11.1 Å². The van der Waals surface area contributed by atoms with Crippen LogP contribution in [-0.4, -0.2) is 27.8 Å². The molecule has 0 aliphatic heterocycles. The number of hydrogen-bond donors (Lipinski definition) is 2. The molecule has 3 rings (SSSR count). The maximum atomic E-state index is 13.7. The summed E-state index contributed by atoms with van der Waals surface area (Å²) >= 11 is 1.07. The van der Waals surface area contributed by atoms with Crippen LogP contribution >= 0.6 is 11.8 Å². The van der Waals surface area contributed by atoms with E-state index < -0.39 is 11.9 Å². The van der Waals surface area contributed by atoms with Crippen LogP contribution in [0, 0.1) is 5.82 Å². The van der Waals surface area contributed by atoms with Crippen LogP contribution in [0.3, 0.4) is 0 Å². The number of anilines is 2. The standard InChI is InChI=1S/C20H19FN4O4S/c1-12(28-17-6-4-3-5-16(17)21)19-24-25-20(29-19)30-11-18(27)23-15-9-7-14(8-10-15)22-13(2)26/h3-10,12H,11H2,1-2H3,(H,22,26)(H,23,27)/t12-/m0/s1. The lowest BCUT2D eigenvalue weighted by molar-refractivity contribution is -0.114. The molecule has 2 N–H and O–H groups in total. The van der Waals surface area contributed by atoms with Crippen LogP contribution in [0.25, 0.3) is 0 Å². The van der Waals surface area contributed by atoms with Gasteiger partial charge in [-0.1, -0.05) is 23.9 Å². The summed E-state index contributed by atoms with van der Waals surface area (Å²) in [6.45, 7) is 3.08. The van der Waals surface area contributed by atoms with Gasteiger partial charge in [0.15, 0.2) is 17.7 Å². The van der Waals surface area contributed by atoms with Crippen LogP contribution in [0.15, 0.2) is 58.2 Å². The van der Waals surface area contributed by atoms with E-state index in [2.05, 4.69) is 20.8 Å². The third kappa shape index (κ3) is 6.05. The van der Waals surface area contributed by atoms with Gasteiger partial charge in [-0.3, -0.25) is 9.59 Å². The van der Waals surface area contributed by atoms with Crippen LogP contribution in [0.5, 0.6) is 5.75 Å². The molecule has 8 nitrogen and oxygen atoms in total. The fourth-order valence-electron chi connectivity index (χ4n) is 2.39. The van der Waals surface area contributed by atoms with Crippen molar-refractivity contribution in [3.63, 3.8) is 0 Å². The van der Waals surface area contributed by atoms with E-state index in [0.29, 0.717) is 11.4 Å². The maximum absolute atomic E-state index is 13.7. The maximum Gasteiger partial charge on any atom is 0.277 e. The van der Waals surface area contributed by atoms with Gasteiger partial charge in [0, 0.05) is 18.3 Å². The number of hydrogen-bond acceptors (Lipinski definition) is 7. The number of nitrogens with one attached hydrogen (secondary N) is 2. The highest BCUT2D eigenvalue weighted by Gasteiger charge is 2.18. The Hall–Kier alpha value is -3.40. The summed E-state index contributed by atoms with van der Waals surface area (Å²) in [6, 6.07) is 12.8. The van der Waals surface area contributed by atoms with Crippen molar-refractivity contribution in [2.45, 2.75) is 25.2 Å². The van der Waals surface area contributed by atoms with E-state index in [-0.39, 0.29) is 34.4 Å². The molecule has 10 heteroatoms. The van der Waals surface area contributed by atoms with Crippen molar-refractivity contribution in [3.8, 4) is 5.75 Å². The number of ether oxygens (including phenoxy) is 1. The topological polar surface area (TPSA) is 106 Å². The minimum atomic E-state index is -0.653. The summed E-state index contributed by atoms with van der Waals surface area (Å²) < 4.78 is 24.7. The largest absolute Gasteiger partial charge is 0.478 e. The zero-order chi connectivity index (χ0) is 21.5. The summed E-state index contributed by atoms with van der Waals surface area (Å²) in [7, 11) is 0. The van der Waals surface area contributed by atoms with Crippen molar-refractivity contribution in [2.24, 2.45) is 0 Å². The van der Waals surface area contributed by atoms with Crippen LogP contribution < -0.4 is 15.4 Å². The molecule has 0 fully saturated rings. The van der Waals surface area contributed by atoms with Crippen molar-refractivity contribution >= 4 is 35.0 Å². The van der Waals surface area contributed by atoms with E-state index in [0.717, 1.165) is 11.8 Å². The van der Waals surface area contributed by atoms with Gasteiger partial charge in [-0.15, -0.1) is 10.2 Å². The van der Waals surface area contributed by atoms with Crippen molar-refractivity contribution in [1.29, 1.82) is 0 Å². The molecule has 0 radical (unpaired) electrons. The fourth-order valence-corrected chi connectivity index (χ4v) is 2.96. The Bertz CT molecular complexity index is 1030. The lowest BCUT2D eigenvalue weighted by atomic mass is 10.3.